The van der Waals surface area contributed by atoms with Gasteiger partial charge in [-0.3, -0.25) is 4.79 Å². The summed E-state index contributed by atoms with van der Waals surface area (Å²) < 4.78 is 10.2. The van der Waals surface area contributed by atoms with E-state index in [1.165, 1.54) is 21.1 Å². The first kappa shape index (κ1) is 16.1. The number of aliphatic carboxylic acids is 1. The number of amides is 1. The number of halogens is 1. The Morgan fingerprint density at radius 1 is 1.30 bits per heavy atom. The molecule has 0 aliphatic carbocycles. The highest BCUT2D eigenvalue weighted by molar-refractivity contribution is 6.31. The van der Waals surface area contributed by atoms with Crippen molar-refractivity contribution in [2.24, 2.45) is 0 Å². The van der Waals surface area contributed by atoms with E-state index >= 15 is 0 Å². The average Bonchev–Trinajstić information content (AvgIpc) is 2.38. The Labute approximate surface area is 121 Å². The van der Waals surface area contributed by atoms with Crippen molar-refractivity contribution < 1.29 is 24.2 Å². The predicted octanol–water partition coefficient (Wildman–Crippen LogP) is 1.49. The van der Waals surface area contributed by atoms with Crippen LogP contribution >= 0.6 is 11.6 Å². The van der Waals surface area contributed by atoms with Crippen LogP contribution in [-0.4, -0.2) is 37.2 Å². The predicted molar refractivity (Wildman–Crippen MR) is 73.5 cm³/mol. The minimum atomic E-state index is -1.13. The van der Waals surface area contributed by atoms with Crippen LogP contribution in [0.2, 0.25) is 5.02 Å². The van der Waals surface area contributed by atoms with E-state index in [1.54, 1.807) is 12.1 Å². The Morgan fingerprint density at radius 2 is 1.85 bits per heavy atom. The second kappa shape index (κ2) is 7.00. The molecule has 0 saturated carbocycles. The molecule has 1 aromatic carbocycles. The molecule has 0 aliphatic heterocycles. The van der Waals surface area contributed by atoms with Crippen LogP contribution in [0.5, 0.6) is 11.5 Å². The number of carboxylic acid groups (broad SMARTS) is 1. The van der Waals surface area contributed by atoms with Crippen molar-refractivity contribution in [3.8, 4) is 11.5 Å². The van der Waals surface area contributed by atoms with E-state index in [-0.39, 0.29) is 6.42 Å². The monoisotopic (exact) mass is 301 g/mol. The molecule has 1 rings (SSSR count). The van der Waals surface area contributed by atoms with E-state index in [9.17, 15) is 9.59 Å². The molecule has 2 N–H and O–H groups in total. The summed E-state index contributed by atoms with van der Waals surface area (Å²) in [5, 5.41) is 11.8. The maximum Gasteiger partial charge on any atom is 0.326 e. The van der Waals surface area contributed by atoms with Gasteiger partial charge >= 0.3 is 5.97 Å². The molecule has 0 fully saturated rings. The van der Waals surface area contributed by atoms with Crippen LogP contribution in [0.4, 0.5) is 0 Å². The van der Waals surface area contributed by atoms with Crippen molar-refractivity contribution in [2.45, 2.75) is 19.4 Å². The summed E-state index contributed by atoms with van der Waals surface area (Å²) in [5.41, 5.74) is 0.547. The van der Waals surface area contributed by atoms with Gasteiger partial charge in [0.1, 0.15) is 6.04 Å². The molecule has 110 valence electrons. The van der Waals surface area contributed by atoms with Crippen molar-refractivity contribution in [2.75, 3.05) is 14.2 Å². The zero-order valence-corrected chi connectivity index (χ0v) is 12.2. The van der Waals surface area contributed by atoms with E-state index in [0.717, 1.165) is 0 Å². The molecule has 20 heavy (non-hydrogen) atoms. The number of carbonyl (C=O) groups excluding carboxylic acids is 1. The summed E-state index contributed by atoms with van der Waals surface area (Å²) in [4.78, 5) is 22.1. The van der Waals surface area contributed by atoms with E-state index in [4.69, 9.17) is 26.2 Å². The molecule has 0 aliphatic rings. The molecule has 0 saturated heterocycles. The van der Waals surface area contributed by atoms with E-state index in [0.29, 0.717) is 22.1 Å². The van der Waals surface area contributed by atoms with Gasteiger partial charge in [-0.15, -0.1) is 0 Å². The first-order valence-corrected chi connectivity index (χ1v) is 6.17. The number of carbonyl (C=O) groups is 2. The molecule has 0 bridgehead atoms. The first-order chi connectivity index (χ1) is 9.38. The number of methoxy groups -OCH3 is 2. The lowest BCUT2D eigenvalue weighted by molar-refractivity contribution is -0.141. The summed E-state index contributed by atoms with van der Waals surface area (Å²) in [6.07, 6.45) is 0.0497. The summed E-state index contributed by atoms with van der Waals surface area (Å²) in [6.45, 7) is 1.26. The lowest BCUT2D eigenvalue weighted by Gasteiger charge is -2.16. The summed E-state index contributed by atoms with van der Waals surface area (Å²) in [6, 6.07) is 2.09. The minimum absolute atomic E-state index is 0.0497. The molecule has 1 amide bonds. The second-order valence-corrected chi connectivity index (χ2v) is 4.50. The van der Waals surface area contributed by atoms with Crippen molar-refractivity contribution in [1.29, 1.82) is 0 Å². The van der Waals surface area contributed by atoms with Crippen LogP contribution in [0.3, 0.4) is 0 Å². The van der Waals surface area contributed by atoms with Gasteiger partial charge in [0.05, 0.1) is 14.2 Å². The van der Waals surface area contributed by atoms with Gasteiger partial charge in [-0.1, -0.05) is 11.6 Å². The Balaban J connectivity index is 3.06. The van der Waals surface area contributed by atoms with Crippen LogP contribution in [0.25, 0.3) is 0 Å². The Kier molecular flexibility index (Phi) is 5.64. The fraction of sp³-hybridized carbons (Fsp3) is 0.385. The Bertz CT molecular complexity index is 518. The minimum Gasteiger partial charge on any atom is -0.493 e. The fourth-order valence-corrected chi connectivity index (χ4v) is 1.95. The second-order valence-electron chi connectivity index (χ2n) is 4.09. The SMILES string of the molecule is COc1cc(Cl)c(C[C@H](NC(C)=O)C(=O)O)cc1OC. The number of carboxylic acids is 1. The molecule has 0 heterocycles. The average molecular weight is 302 g/mol. The number of nitrogens with one attached hydrogen (secondary N) is 1. The number of benzene rings is 1. The van der Waals surface area contributed by atoms with Crippen LogP contribution in [-0.2, 0) is 16.0 Å². The Morgan fingerprint density at radius 3 is 2.30 bits per heavy atom. The quantitative estimate of drug-likeness (QED) is 0.831. The van der Waals surface area contributed by atoms with Crippen molar-refractivity contribution in [3.05, 3.63) is 22.7 Å². The normalized spacial score (nSPS) is 11.6. The largest absolute Gasteiger partial charge is 0.493 e. The number of hydrogen-bond donors (Lipinski definition) is 2. The van der Waals surface area contributed by atoms with Gasteiger partial charge in [0, 0.05) is 24.4 Å². The van der Waals surface area contributed by atoms with Crippen molar-refractivity contribution >= 4 is 23.5 Å². The first-order valence-electron chi connectivity index (χ1n) is 5.79. The van der Waals surface area contributed by atoms with E-state index in [1.807, 2.05) is 0 Å². The van der Waals surface area contributed by atoms with Gasteiger partial charge < -0.3 is 19.9 Å². The number of rotatable bonds is 6. The standard InChI is InChI=1S/C13H16ClNO5/c1-7(16)15-10(13(17)18)4-8-5-11(19-2)12(20-3)6-9(8)14/h5-6,10H,4H2,1-3H3,(H,15,16)(H,17,18)/t10-/m0/s1. The third-order valence-electron chi connectivity index (χ3n) is 2.65. The number of ether oxygens (including phenoxy) is 2. The third-order valence-corrected chi connectivity index (χ3v) is 3.00. The Hall–Kier alpha value is -1.95. The topological polar surface area (TPSA) is 84.9 Å². The van der Waals surface area contributed by atoms with Gasteiger partial charge in [-0.25, -0.2) is 4.79 Å². The van der Waals surface area contributed by atoms with Crippen molar-refractivity contribution in [1.82, 2.24) is 5.32 Å². The molecule has 0 spiro atoms. The van der Waals surface area contributed by atoms with Crippen molar-refractivity contribution in [3.63, 3.8) is 0 Å². The zero-order valence-electron chi connectivity index (χ0n) is 11.4. The number of hydrogen-bond acceptors (Lipinski definition) is 4. The smallest absolute Gasteiger partial charge is 0.326 e. The zero-order chi connectivity index (χ0) is 15.3. The van der Waals surface area contributed by atoms with E-state index < -0.39 is 17.9 Å². The van der Waals surface area contributed by atoms with Gasteiger partial charge in [0.2, 0.25) is 5.91 Å². The molecule has 7 heteroatoms. The van der Waals surface area contributed by atoms with Crippen LogP contribution < -0.4 is 14.8 Å². The molecule has 1 atom stereocenters. The maximum atomic E-state index is 11.1. The highest BCUT2D eigenvalue weighted by Crippen LogP contribution is 2.33. The molecule has 0 aromatic heterocycles. The summed E-state index contributed by atoms with van der Waals surface area (Å²) in [7, 11) is 2.95. The van der Waals surface area contributed by atoms with Crippen LogP contribution in [0, 0.1) is 0 Å². The van der Waals surface area contributed by atoms with Gasteiger partial charge in [0.15, 0.2) is 11.5 Å². The van der Waals surface area contributed by atoms with Gasteiger partial charge in [-0.2, -0.15) is 0 Å². The van der Waals surface area contributed by atoms with Crippen LogP contribution in [0.1, 0.15) is 12.5 Å². The van der Waals surface area contributed by atoms with E-state index in [2.05, 4.69) is 5.32 Å². The van der Waals surface area contributed by atoms with Gasteiger partial charge in [-0.05, 0) is 11.6 Å². The maximum absolute atomic E-state index is 11.1. The molecular formula is C13H16ClNO5. The fourth-order valence-electron chi connectivity index (χ4n) is 1.72. The van der Waals surface area contributed by atoms with Gasteiger partial charge in [0.25, 0.3) is 0 Å². The summed E-state index contributed by atoms with van der Waals surface area (Å²) >= 11 is 6.08. The lowest BCUT2D eigenvalue weighted by atomic mass is 10.0. The molecular weight excluding hydrogens is 286 g/mol. The van der Waals surface area contributed by atoms with Crippen LogP contribution in [0.15, 0.2) is 12.1 Å². The molecule has 6 nitrogen and oxygen atoms in total. The lowest BCUT2D eigenvalue weighted by Crippen LogP contribution is -2.41. The molecule has 1 aromatic rings. The molecule has 0 unspecified atom stereocenters. The summed E-state index contributed by atoms with van der Waals surface area (Å²) in [5.74, 6) is -0.661. The highest BCUT2D eigenvalue weighted by Gasteiger charge is 2.21. The third kappa shape index (κ3) is 4.03. The highest BCUT2D eigenvalue weighted by atomic mass is 35.5. The molecule has 0 radical (unpaired) electrons.